The Balaban J connectivity index is 2.04. The van der Waals surface area contributed by atoms with Crippen LogP contribution < -0.4 is 10.6 Å². The Hall–Kier alpha value is -0.610. The third-order valence-corrected chi connectivity index (χ3v) is 3.15. The Morgan fingerprint density at radius 1 is 1.47 bits per heavy atom. The molecule has 4 nitrogen and oxygen atoms in total. The lowest BCUT2D eigenvalue weighted by molar-refractivity contribution is -0.122. The number of carbonyl (C=O) groups excluding carboxylic acids is 1. The minimum atomic E-state index is -0.124. The van der Waals surface area contributed by atoms with Gasteiger partial charge in [0.05, 0.1) is 12.1 Å². The summed E-state index contributed by atoms with van der Waals surface area (Å²) in [7, 11) is 0. The van der Waals surface area contributed by atoms with Crippen LogP contribution in [0.4, 0.5) is 0 Å². The molecule has 1 aliphatic rings. The smallest absolute Gasteiger partial charge is 0.236 e. The van der Waals surface area contributed by atoms with Crippen molar-refractivity contribution in [3.63, 3.8) is 0 Å². The van der Waals surface area contributed by atoms with Crippen molar-refractivity contribution in [2.24, 2.45) is 0 Å². The van der Waals surface area contributed by atoms with Gasteiger partial charge in [0.1, 0.15) is 0 Å². The van der Waals surface area contributed by atoms with E-state index in [0.717, 1.165) is 39.0 Å². The topological polar surface area (TPSA) is 50.4 Å². The minimum absolute atomic E-state index is 0.0964. The maximum absolute atomic E-state index is 11.7. The van der Waals surface area contributed by atoms with Crippen LogP contribution in [-0.2, 0) is 9.53 Å². The molecule has 1 rings (SSSR count). The van der Waals surface area contributed by atoms with Crippen molar-refractivity contribution in [3.05, 3.63) is 0 Å². The summed E-state index contributed by atoms with van der Waals surface area (Å²) in [6.45, 7) is 6.50. The first-order valence-electron chi connectivity index (χ1n) is 6.86. The second-order valence-corrected chi connectivity index (χ2v) is 4.76. The Labute approximate surface area is 104 Å². The number of ether oxygens (including phenoxy) is 1. The van der Waals surface area contributed by atoms with E-state index < -0.39 is 0 Å². The third-order valence-electron chi connectivity index (χ3n) is 3.15. The molecule has 1 fully saturated rings. The van der Waals surface area contributed by atoms with Gasteiger partial charge in [0.25, 0.3) is 0 Å². The summed E-state index contributed by atoms with van der Waals surface area (Å²) in [5, 5.41) is 6.18. The van der Waals surface area contributed by atoms with Crippen molar-refractivity contribution >= 4 is 5.91 Å². The number of amides is 1. The number of hydrogen-bond acceptors (Lipinski definition) is 3. The van der Waals surface area contributed by atoms with Crippen molar-refractivity contribution in [1.29, 1.82) is 0 Å². The van der Waals surface area contributed by atoms with Crippen molar-refractivity contribution in [2.75, 3.05) is 19.7 Å². The first-order chi connectivity index (χ1) is 8.24. The van der Waals surface area contributed by atoms with Gasteiger partial charge < -0.3 is 15.4 Å². The van der Waals surface area contributed by atoms with E-state index >= 15 is 0 Å². The van der Waals surface area contributed by atoms with Crippen LogP contribution in [0.1, 0.15) is 46.0 Å². The highest BCUT2D eigenvalue weighted by atomic mass is 16.5. The molecule has 2 atom stereocenters. The van der Waals surface area contributed by atoms with Crippen LogP contribution in [0.5, 0.6) is 0 Å². The van der Waals surface area contributed by atoms with E-state index in [-0.39, 0.29) is 11.9 Å². The second kappa shape index (κ2) is 8.48. The van der Waals surface area contributed by atoms with Crippen LogP contribution in [0.15, 0.2) is 0 Å². The molecular formula is C13H26N2O2. The van der Waals surface area contributed by atoms with Crippen LogP contribution >= 0.6 is 0 Å². The molecule has 1 aliphatic heterocycles. The van der Waals surface area contributed by atoms with Crippen LogP contribution in [0, 0.1) is 0 Å². The Bertz CT molecular complexity index is 215. The zero-order valence-electron chi connectivity index (χ0n) is 11.1. The van der Waals surface area contributed by atoms with Gasteiger partial charge in [-0.05, 0) is 26.2 Å². The molecule has 2 N–H and O–H groups in total. The molecule has 1 amide bonds. The average molecular weight is 242 g/mol. The van der Waals surface area contributed by atoms with Gasteiger partial charge in [-0.3, -0.25) is 4.79 Å². The van der Waals surface area contributed by atoms with E-state index in [1.165, 1.54) is 12.8 Å². The summed E-state index contributed by atoms with van der Waals surface area (Å²) in [6, 6.07) is -0.124. The third kappa shape index (κ3) is 6.03. The lowest BCUT2D eigenvalue weighted by Gasteiger charge is -2.16. The molecular weight excluding hydrogens is 216 g/mol. The molecule has 100 valence electrons. The summed E-state index contributed by atoms with van der Waals surface area (Å²) < 4.78 is 5.50. The van der Waals surface area contributed by atoms with Gasteiger partial charge in [-0.25, -0.2) is 0 Å². The maximum Gasteiger partial charge on any atom is 0.236 e. The molecule has 1 heterocycles. The molecule has 2 unspecified atom stereocenters. The van der Waals surface area contributed by atoms with Crippen molar-refractivity contribution in [3.8, 4) is 0 Å². The van der Waals surface area contributed by atoms with E-state index in [1.54, 1.807) is 0 Å². The molecule has 0 aromatic heterocycles. The fraction of sp³-hybridized carbons (Fsp3) is 0.923. The summed E-state index contributed by atoms with van der Waals surface area (Å²) in [5.74, 6) is 0.0964. The lowest BCUT2D eigenvalue weighted by atomic mass is 10.2. The van der Waals surface area contributed by atoms with Gasteiger partial charge in [-0.2, -0.15) is 0 Å². The van der Waals surface area contributed by atoms with Crippen LogP contribution in [0.3, 0.4) is 0 Å². The quantitative estimate of drug-likeness (QED) is 0.633. The molecule has 0 aromatic rings. The zero-order chi connectivity index (χ0) is 12.5. The molecule has 1 saturated heterocycles. The predicted octanol–water partition coefficient (Wildman–Crippen LogP) is 1.45. The Morgan fingerprint density at radius 3 is 2.94 bits per heavy atom. The van der Waals surface area contributed by atoms with E-state index in [2.05, 4.69) is 17.6 Å². The fourth-order valence-corrected chi connectivity index (χ4v) is 1.95. The van der Waals surface area contributed by atoms with Gasteiger partial charge in [-0.15, -0.1) is 0 Å². The van der Waals surface area contributed by atoms with Crippen LogP contribution in [0.25, 0.3) is 0 Å². The lowest BCUT2D eigenvalue weighted by Crippen LogP contribution is -2.44. The minimum Gasteiger partial charge on any atom is -0.377 e. The largest absolute Gasteiger partial charge is 0.377 e. The second-order valence-electron chi connectivity index (χ2n) is 4.76. The molecule has 4 heteroatoms. The molecule has 0 spiro atoms. The first kappa shape index (κ1) is 14.5. The standard InChI is InChI=1S/C13H26N2O2/c1-3-4-5-8-14-13(16)11(2)15-10-12-7-6-9-17-12/h11-12,15H,3-10H2,1-2H3,(H,14,16). The number of rotatable bonds is 8. The Kier molecular flexibility index (Phi) is 7.21. The van der Waals surface area contributed by atoms with Gasteiger partial charge in [0.15, 0.2) is 0 Å². The van der Waals surface area contributed by atoms with Crippen molar-refractivity contribution in [2.45, 2.75) is 58.1 Å². The number of carbonyl (C=O) groups is 1. The SMILES string of the molecule is CCCCCNC(=O)C(C)NCC1CCCO1. The van der Waals surface area contributed by atoms with Crippen LogP contribution in [0.2, 0.25) is 0 Å². The highest BCUT2D eigenvalue weighted by molar-refractivity contribution is 5.81. The van der Waals surface area contributed by atoms with E-state index in [9.17, 15) is 4.79 Å². The maximum atomic E-state index is 11.7. The summed E-state index contributed by atoms with van der Waals surface area (Å²) in [5.41, 5.74) is 0. The summed E-state index contributed by atoms with van der Waals surface area (Å²) in [6.07, 6.45) is 5.98. The van der Waals surface area contributed by atoms with Crippen molar-refractivity contribution < 1.29 is 9.53 Å². The van der Waals surface area contributed by atoms with E-state index in [4.69, 9.17) is 4.74 Å². The average Bonchev–Trinajstić information content (AvgIpc) is 2.84. The molecule has 0 bridgehead atoms. The van der Waals surface area contributed by atoms with Gasteiger partial charge in [-0.1, -0.05) is 19.8 Å². The molecule has 0 radical (unpaired) electrons. The van der Waals surface area contributed by atoms with E-state index in [1.807, 2.05) is 6.92 Å². The molecule has 0 saturated carbocycles. The van der Waals surface area contributed by atoms with E-state index in [0.29, 0.717) is 6.10 Å². The highest BCUT2D eigenvalue weighted by Crippen LogP contribution is 2.10. The summed E-state index contributed by atoms with van der Waals surface area (Å²) in [4.78, 5) is 11.7. The fourth-order valence-electron chi connectivity index (χ4n) is 1.95. The van der Waals surface area contributed by atoms with Crippen molar-refractivity contribution in [1.82, 2.24) is 10.6 Å². The number of hydrogen-bond donors (Lipinski definition) is 2. The summed E-state index contributed by atoms with van der Waals surface area (Å²) >= 11 is 0. The highest BCUT2D eigenvalue weighted by Gasteiger charge is 2.18. The number of unbranched alkanes of at least 4 members (excludes halogenated alkanes) is 2. The molecule has 0 aromatic carbocycles. The first-order valence-corrected chi connectivity index (χ1v) is 6.86. The number of nitrogens with one attached hydrogen (secondary N) is 2. The normalized spacial score (nSPS) is 21.4. The van der Waals surface area contributed by atoms with Gasteiger partial charge in [0.2, 0.25) is 5.91 Å². The Morgan fingerprint density at radius 2 is 2.29 bits per heavy atom. The zero-order valence-corrected chi connectivity index (χ0v) is 11.1. The molecule has 17 heavy (non-hydrogen) atoms. The monoisotopic (exact) mass is 242 g/mol. The molecule has 0 aliphatic carbocycles. The van der Waals surface area contributed by atoms with Crippen LogP contribution in [-0.4, -0.2) is 37.7 Å². The van der Waals surface area contributed by atoms with Gasteiger partial charge in [0, 0.05) is 19.7 Å². The van der Waals surface area contributed by atoms with Gasteiger partial charge >= 0.3 is 0 Å². The predicted molar refractivity (Wildman–Crippen MR) is 69.0 cm³/mol.